The van der Waals surface area contributed by atoms with Gasteiger partial charge in [-0.1, -0.05) is 17.7 Å². The van der Waals surface area contributed by atoms with Crippen LogP contribution >= 0.6 is 0 Å². The van der Waals surface area contributed by atoms with Crippen LogP contribution in [0.4, 0.5) is 5.69 Å². The second kappa shape index (κ2) is 6.59. The van der Waals surface area contributed by atoms with Crippen molar-refractivity contribution in [1.29, 1.82) is 0 Å². The van der Waals surface area contributed by atoms with Crippen molar-refractivity contribution >= 4 is 15.7 Å². The van der Waals surface area contributed by atoms with Crippen molar-refractivity contribution < 1.29 is 8.42 Å². The van der Waals surface area contributed by atoms with E-state index < -0.39 is 10.0 Å². The molecule has 1 fully saturated rings. The molecule has 1 heterocycles. The number of sulfonamides is 1. The van der Waals surface area contributed by atoms with Crippen LogP contribution in [0.5, 0.6) is 0 Å². The van der Waals surface area contributed by atoms with E-state index in [9.17, 15) is 8.42 Å². The standard InChI is InChI=1S/C15H24N2O2S/c1-3-17(15-6-4-13(2)5-7-15)20(18,19)12-14-8-10-16-11-9-14/h4-7,14,16H,3,8-12H2,1-2H3. The third kappa shape index (κ3) is 3.73. The fraction of sp³-hybridized carbons (Fsp3) is 0.600. The highest BCUT2D eigenvalue weighted by atomic mass is 32.2. The zero-order valence-electron chi connectivity index (χ0n) is 12.3. The van der Waals surface area contributed by atoms with Gasteiger partial charge in [0.1, 0.15) is 0 Å². The van der Waals surface area contributed by atoms with Crippen molar-refractivity contribution in [3.05, 3.63) is 29.8 Å². The minimum Gasteiger partial charge on any atom is -0.317 e. The predicted molar refractivity (Wildman–Crippen MR) is 83.6 cm³/mol. The molecule has 0 spiro atoms. The number of piperidine rings is 1. The zero-order valence-corrected chi connectivity index (χ0v) is 13.1. The lowest BCUT2D eigenvalue weighted by Crippen LogP contribution is -2.38. The number of anilines is 1. The topological polar surface area (TPSA) is 49.4 Å². The summed E-state index contributed by atoms with van der Waals surface area (Å²) in [6.45, 7) is 6.23. The Bertz CT molecular complexity index is 519. The average molecular weight is 296 g/mol. The van der Waals surface area contributed by atoms with Gasteiger partial charge in [0.2, 0.25) is 10.0 Å². The number of hydrogen-bond acceptors (Lipinski definition) is 3. The minimum atomic E-state index is -3.23. The Labute approximate surface area is 122 Å². The summed E-state index contributed by atoms with van der Waals surface area (Å²) in [6, 6.07) is 7.69. The minimum absolute atomic E-state index is 0.260. The van der Waals surface area contributed by atoms with E-state index in [0.717, 1.165) is 37.2 Å². The lowest BCUT2D eigenvalue weighted by molar-refractivity contribution is 0.401. The second-order valence-electron chi connectivity index (χ2n) is 5.47. The van der Waals surface area contributed by atoms with Gasteiger partial charge in [-0.15, -0.1) is 0 Å². The van der Waals surface area contributed by atoms with Crippen molar-refractivity contribution in [2.75, 3.05) is 29.7 Å². The van der Waals surface area contributed by atoms with Gasteiger partial charge in [-0.2, -0.15) is 0 Å². The third-order valence-corrected chi connectivity index (χ3v) is 5.88. The Balaban J connectivity index is 2.14. The van der Waals surface area contributed by atoms with Crippen LogP contribution in [0.3, 0.4) is 0 Å². The highest BCUT2D eigenvalue weighted by Gasteiger charge is 2.26. The van der Waals surface area contributed by atoms with E-state index in [-0.39, 0.29) is 11.7 Å². The van der Waals surface area contributed by atoms with Gasteiger partial charge < -0.3 is 5.32 Å². The number of hydrogen-bond donors (Lipinski definition) is 1. The normalized spacial score (nSPS) is 17.1. The van der Waals surface area contributed by atoms with Crippen LogP contribution < -0.4 is 9.62 Å². The molecule has 1 aliphatic heterocycles. The van der Waals surface area contributed by atoms with Crippen molar-refractivity contribution in [2.45, 2.75) is 26.7 Å². The summed E-state index contributed by atoms with van der Waals surface area (Å²) in [6.07, 6.45) is 1.90. The van der Waals surface area contributed by atoms with Crippen LogP contribution in [-0.4, -0.2) is 33.8 Å². The Hall–Kier alpha value is -1.07. The van der Waals surface area contributed by atoms with E-state index in [1.165, 1.54) is 4.31 Å². The average Bonchev–Trinajstić information content (AvgIpc) is 2.42. The molecular formula is C15H24N2O2S. The zero-order chi connectivity index (χ0) is 14.6. The van der Waals surface area contributed by atoms with Gasteiger partial charge in [-0.05, 0) is 57.8 Å². The Morgan fingerprint density at radius 2 is 1.80 bits per heavy atom. The number of rotatable bonds is 5. The number of benzene rings is 1. The van der Waals surface area contributed by atoms with Crippen LogP contribution in [-0.2, 0) is 10.0 Å². The van der Waals surface area contributed by atoms with E-state index in [2.05, 4.69) is 5.32 Å². The molecule has 1 aromatic carbocycles. The molecular weight excluding hydrogens is 272 g/mol. The Morgan fingerprint density at radius 1 is 1.20 bits per heavy atom. The molecule has 5 heteroatoms. The van der Waals surface area contributed by atoms with E-state index in [0.29, 0.717) is 6.54 Å². The lowest BCUT2D eigenvalue weighted by atomic mass is 10.0. The van der Waals surface area contributed by atoms with Crippen LogP contribution in [0.1, 0.15) is 25.3 Å². The first-order chi connectivity index (χ1) is 9.53. The second-order valence-corrected chi connectivity index (χ2v) is 7.41. The highest BCUT2D eigenvalue weighted by Crippen LogP contribution is 2.22. The first kappa shape index (κ1) is 15.3. The molecule has 2 rings (SSSR count). The van der Waals surface area contributed by atoms with Crippen molar-refractivity contribution in [2.24, 2.45) is 5.92 Å². The summed E-state index contributed by atoms with van der Waals surface area (Å²) in [5.74, 6) is 0.539. The largest absolute Gasteiger partial charge is 0.317 e. The molecule has 0 radical (unpaired) electrons. The highest BCUT2D eigenvalue weighted by molar-refractivity contribution is 7.92. The van der Waals surface area contributed by atoms with Gasteiger partial charge in [0.05, 0.1) is 11.4 Å². The molecule has 0 atom stereocenters. The summed E-state index contributed by atoms with van der Waals surface area (Å²) in [4.78, 5) is 0. The molecule has 1 aromatic rings. The lowest BCUT2D eigenvalue weighted by Gasteiger charge is -2.28. The van der Waals surface area contributed by atoms with Crippen LogP contribution in [0.15, 0.2) is 24.3 Å². The van der Waals surface area contributed by atoms with Crippen molar-refractivity contribution in [3.63, 3.8) is 0 Å². The summed E-state index contributed by atoms with van der Waals surface area (Å²) in [7, 11) is -3.23. The molecule has 112 valence electrons. The molecule has 1 saturated heterocycles. The number of nitrogens with zero attached hydrogens (tertiary/aromatic N) is 1. The maximum atomic E-state index is 12.6. The number of aryl methyl sites for hydroxylation is 1. The molecule has 0 aliphatic carbocycles. The molecule has 0 aromatic heterocycles. The molecule has 1 aliphatic rings. The maximum absolute atomic E-state index is 12.6. The van der Waals surface area contributed by atoms with E-state index >= 15 is 0 Å². The summed E-state index contributed by atoms with van der Waals surface area (Å²) in [5, 5.41) is 3.27. The summed E-state index contributed by atoms with van der Waals surface area (Å²) >= 11 is 0. The van der Waals surface area contributed by atoms with Gasteiger partial charge in [-0.3, -0.25) is 4.31 Å². The SMILES string of the molecule is CCN(c1ccc(C)cc1)S(=O)(=O)CC1CCNCC1. The Morgan fingerprint density at radius 3 is 2.35 bits per heavy atom. The molecule has 20 heavy (non-hydrogen) atoms. The van der Waals surface area contributed by atoms with Gasteiger partial charge in [0.15, 0.2) is 0 Å². The molecule has 0 amide bonds. The summed E-state index contributed by atoms with van der Waals surface area (Å²) < 4.78 is 26.8. The molecule has 0 bridgehead atoms. The van der Waals surface area contributed by atoms with Crippen LogP contribution in [0.2, 0.25) is 0 Å². The van der Waals surface area contributed by atoms with Crippen LogP contribution in [0, 0.1) is 12.8 Å². The first-order valence-electron chi connectivity index (χ1n) is 7.30. The molecule has 4 nitrogen and oxygen atoms in total. The quantitative estimate of drug-likeness (QED) is 0.906. The van der Waals surface area contributed by atoms with Crippen molar-refractivity contribution in [3.8, 4) is 0 Å². The molecule has 0 unspecified atom stereocenters. The van der Waals surface area contributed by atoms with Gasteiger partial charge in [0.25, 0.3) is 0 Å². The Kier molecular flexibility index (Phi) is 5.05. The summed E-state index contributed by atoms with van der Waals surface area (Å²) in [5.41, 5.74) is 1.91. The fourth-order valence-corrected chi connectivity index (χ4v) is 4.63. The van der Waals surface area contributed by atoms with E-state index in [1.54, 1.807) is 0 Å². The first-order valence-corrected chi connectivity index (χ1v) is 8.91. The van der Waals surface area contributed by atoms with E-state index in [1.807, 2.05) is 38.1 Å². The smallest absolute Gasteiger partial charge is 0.235 e. The molecule has 0 saturated carbocycles. The van der Waals surface area contributed by atoms with Crippen LogP contribution in [0.25, 0.3) is 0 Å². The fourth-order valence-electron chi connectivity index (χ4n) is 2.69. The van der Waals surface area contributed by atoms with Gasteiger partial charge >= 0.3 is 0 Å². The monoisotopic (exact) mass is 296 g/mol. The van der Waals surface area contributed by atoms with Gasteiger partial charge in [0, 0.05) is 6.54 Å². The van der Waals surface area contributed by atoms with E-state index in [4.69, 9.17) is 0 Å². The van der Waals surface area contributed by atoms with Gasteiger partial charge in [-0.25, -0.2) is 8.42 Å². The predicted octanol–water partition coefficient (Wildman–Crippen LogP) is 2.15. The maximum Gasteiger partial charge on any atom is 0.235 e. The third-order valence-electron chi connectivity index (χ3n) is 3.85. The number of nitrogens with one attached hydrogen (secondary N) is 1. The van der Waals surface area contributed by atoms with Crippen molar-refractivity contribution in [1.82, 2.24) is 5.32 Å². The molecule has 1 N–H and O–H groups in total.